The minimum Gasteiger partial charge on any atom is -0.479 e. The van der Waals surface area contributed by atoms with Crippen molar-refractivity contribution in [3.8, 4) is 22.4 Å². The van der Waals surface area contributed by atoms with Crippen molar-refractivity contribution in [2.24, 2.45) is 10.4 Å². The summed E-state index contributed by atoms with van der Waals surface area (Å²) in [6.45, 7) is 17.4. The van der Waals surface area contributed by atoms with Crippen LogP contribution in [0.5, 0.6) is 0 Å². The van der Waals surface area contributed by atoms with Crippen LogP contribution in [0.4, 0.5) is 11.5 Å². The fraction of sp³-hybridized carbons (Fsp3) is 0.439. The van der Waals surface area contributed by atoms with Gasteiger partial charge in [0.2, 0.25) is 0 Å². The van der Waals surface area contributed by atoms with Gasteiger partial charge in [-0.15, -0.1) is 10.2 Å². The Kier molecular flexibility index (Phi) is 9.82. The number of benzene rings is 2. The molecule has 6 rings (SSSR count). The summed E-state index contributed by atoms with van der Waals surface area (Å²) in [5.74, 6) is -0.182. The van der Waals surface area contributed by atoms with Gasteiger partial charge in [-0.05, 0) is 82.1 Å². The van der Waals surface area contributed by atoms with Crippen molar-refractivity contribution in [3.63, 3.8) is 0 Å². The van der Waals surface area contributed by atoms with Crippen molar-refractivity contribution in [1.82, 2.24) is 15.2 Å². The van der Waals surface area contributed by atoms with Crippen LogP contribution >= 0.6 is 0 Å². The number of anilines is 2. The number of rotatable bonds is 8. The van der Waals surface area contributed by atoms with Gasteiger partial charge in [0.15, 0.2) is 11.9 Å². The molecule has 4 aromatic rings. The molecule has 1 fully saturated rings. The molecule has 0 radical (unpaired) electrons. The molecule has 0 amide bonds. The number of hydrogen-bond donors (Lipinski definition) is 1. The van der Waals surface area contributed by atoms with E-state index in [4.69, 9.17) is 14.8 Å². The van der Waals surface area contributed by atoms with Gasteiger partial charge in [0, 0.05) is 73.1 Å². The van der Waals surface area contributed by atoms with Gasteiger partial charge in [-0.2, -0.15) is 0 Å². The van der Waals surface area contributed by atoms with Crippen molar-refractivity contribution >= 4 is 23.7 Å². The van der Waals surface area contributed by atoms with E-state index in [-0.39, 0.29) is 5.41 Å². The SMILES string of the molecule is C/N=C/c1cc(-c2ccccc2)nnc1N1CCc2cc(-c3c(C)nc(C)c([C@H](OC(C)(C)C)C(=O)O)c3N3CCC(C)(C)CC3)ccc2C1. The van der Waals surface area contributed by atoms with Gasteiger partial charge < -0.3 is 19.6 Å². The minimum absolute atomic E-state index is 0.231. The number of aryl methyl sites for hydroxylation is 2. The number of aliphatic imine (C=N–C) groups is 1. The van der Waals surface area contributed by atoms with E-state index in [1.165, 1.54) is 11.1 Å². The van der Waals surface area contributed by atoms with Crippen LogP contribution in [0.2, 0.25) is 0 Å². The third-order valence-electron chi connectivity index (χ3n) is 9.92. The van der Waals surface area contributed by atoms with Gasteiger partial charge in [0.05, 0.1) is 17.0 Å². The summed E-state index contributed by atoms with van der Waals surface area (Å²) < 4.78 is 6.28. The molecular formula is C41H50N6O3. The van der Waals surface area contributed by atoms with Crippen molar-refractivity contribution in [3.05, 3.63) is 88.2 Å². The first-order valence-electron chi connectivity index (χ1n) is 17.6. The molecule has 9 heteroatoms. The fourth-order valence-electron chi connectivity index (χ4n) is 7.27. The number of aromatic nitrogens is 3. The van der Waals surface area contributed by atoms with Crippen LogP contribution in [0, 0.1) is 19.3 Å². The van der Waals surface area contributed by atoms with Gasteiger partial charge in [-0.1, -0.05) is 62.4 Å². The molecule has 262 valence electrons. The molecule has 50 heavy (non-hydrogen) atoms. The summed E-state index contributed by atoms with van der Waals surface area (Å²) >= 11 is 0. The second-order valence-electron chi connectivity index (χ2n) is 15.4. The smallest absolute Gasteiger partial charge is 0.337 e. The first kappa shape index (κ1) is 35.2. The molecule has 4 heterocycles. The average Bonchev–Trinajstić information content (AvgIpc) is 3.07. The molecule has 9 nitrogen and oxygen atoms in total. The van der Waals surface area contributed by atoms with E-state index in [2.05, 4.69) is 58.0 Å². The number of pyridine rings is 1. The van der Waals surface area contributed by atoms with Gasteiger partial charge in [0.25, 0.3) is 0 Å². The Morgan fingerprint density at radius 3 is 2.32 bits per heavy atom. The van der Waals surface area contributed by atoms with Crippen LogP contribution in [0.3, 0.4) is 0 Å². The molecule has 2 aliphatic rings. The van der Waals surface area contributed by atoms with E-state index in [0.29, 0.717) is 17.8 Å². The molecule has 2 aromatic heterocycles. The molecule has 1 N–H and O–H groups in total. The molecule has 0 spiro atoms. The lowest BCUT2D eigenvalue weighted by molar-refractivity contribution is -0.160. The molecule has 2 aliphatic heterocycles. The molecule has 1 atom stereocenters. The van der Waals surface area contributed by atoms with Gasteiger partial charge in [-0.25, -0.2) is 4.79 Å². The Labute approximate surface area is 296 Å². The van der Waals surface area contributed by atoms with Crippen LogP contribution in [-0.4, -0.2) is 64.8 Å². The van der Waals surface area contributed by atoms with Crippen molar-refractivity contribution in [2.75, 3.05) is 36.5 Å². The number of ether oxygens (including phenoxy) is 1. The number of aliphatic carboxylic acids is 1. The van der Waals surface area contributed by atoms with E-state index in [0.717, 1.165) is 84.0 Å². The molecule has 0 aliphatic carbocycles. The Bertz CT molecular complexity index is 1900. The predicted octanol–water partition coefficient (Wildman–Crippen LogP) is 8.00. The van der Waals surface area contributed by atoms with Crippen LogP contribution in [0.15, 0.2) is 59.6 Å². The van der Waals surface area contributed by atoms with Crippen LogP contribution in [0.25, 0.3) is 22.4 Å². The highest BCUT2D eigenvalue weighted by Gasteiger charge is 2.36. The third kappa shape index (κ3) is 7.43. The van der Waals surface area contributed by atoms with Crippen LogP contribution in [0.1, 0.15) is 87.2 Å². The lowest BCUT2D eigenvalue weighted by atomic mass is 9.81. The summed E-state index contributed by atoms with van der Waals surface area (Å²) in [6.07, 6.45) is 3.58. The Morgan fingerprint density at radius 1 is 0.940 bits per heavy atom. The quantitative estimate of drug-likeness (QED) is 0.188. The second kappa shape index (κ2) is 13.9. The van der Waals surface area contributed by atoms with E-state index in [1.54, 1.807) is 7.05 Å². The number of piperidine rings is 1. The largest absolute Gasteiger partial charge is 0.479 e. The third-order valence-corrected chi connectivity index (χ3v) is 9.92. The number of nitrogens with zero attached hydrogens (tertiary/aromatic N) is 6. The van der Waals surface area contributed by atoms with Crippen LogP contribution in [-0.2, 0) is 22.5 Å². The summed E-state index contributed by atoms with van der Waals surface area (Å²) in [5, 5.41) is 19.9. The molecule has 0 saturated carbocycles. The predicted molar refractivity (Wildman–Crippen MR) is 201 cm³/mol. The van der Waals surface area contributed by atoms with E-state index in [1.807, 2.05) is 71.2 Å². The van der Waals surface area contributed by atoms with Gasteiger partial charge in [-0.3, -0.25) is 9.98 Å². The maximum absolute atomic E-state index is 12.9. The highest BCUT2D eigenvalue weighted by molar-refractivity contribution is 5.89. The summed E-state index contributed by atoms with van der Waals surface area (Å²) in [7, 11) is 1.78. The van der Waals surface area contributed by atoms with Crippen molar-refractivity contribution in [2.45, 2.75) is 86.0 Å². The fourth-order valence-corrected chi connectivity index (χ4v) is 7.27. The topological polar surface area (TPSA) is 104 Å². The lowest BCUT2D eigenvalue weighted by Gasteiger charge is -2.41. The maximum atomic E-state index is 12.9. The average molecular weight is 675 g/mol. The molecule has 0 unspecified atom stereocenters. The highest BCUT2D eigenvalue weighted by Crippen LogP contribution is 2.45. The molecule has 2 aromatic carbocycles. The van der Waals surface area contributed by atoms with Gasteiger partial charge in [0.1, 0.15) is 0 Å². The van der Waals surface area contributed by atoms with E-state index in [9.17, 15) is 9.90 Å². The zero-order chi connectivity index (χ0) is 35.8. The van der Waals surface area contributed by atoms with Crippen molar-refractivity contribution < 1.29 is 14.6 Å². The standard InChI is InChI=1S/C41H50N6O3/c1-26-34(36(46-20-17-41(6,7)18-21-46)35(27(2)43-26)37(39(48)49)50-40(3,4)5)30-14-15-31-25-47(19-16-29(31)22-30)38-32(24-42-8)23-33(44-45-38)28-12-10-9-11-13-28/h9-15,22-24,37H,16-21,25H2,1-8H3,(H,48,49)/b42-24+/t37-/m0/s1. The number of carboxylic acids is 1. The Hall–Kier alpha value is -4.63. The first-order chi connectivity index (χ1) is 23.7. The monoisotopic (exact) mass is 674 g/mol. The molecule has 0 bridgehead atoms. The number of hydrogen-bond acceptors (Lipinski definition) is 8. The first-order valence-corrected chi connectivity index (χ1v) is 17.6. The molecule has 1 saturated heterocycles. The van der Waals surface area contributed by atoms with E-state index >= 15 is 0 Å². The summed E-state index contributed by atoms with van der Waals surface area (Å²) in [4.78, 5) is 26.9. The maximum Gasteiger partial charge on any atom is 0.337 e. The number of fused-ring (bicyclic) bond motifs is 1. The number of carbonyl (C=O) groups is 1. The second-order valence-corrected chi connectivity index (χ2v) is 15.4. The Balaban J connectivity index is 1.40. The van der Waals surface area contributed by atoms with Crippen LogP contribution < -0.4 is 9.80 Å². The van der Waals surface area contributed by atoms with E-state index < -0.39 is 17.7 Å². The number of carboxylic acid groups (broad SMARTS) is 1. The molecular weight excluding hydrogens is 624 g/mol. The zero-order valence-corrected chi connectivity index (χ0v) is 30.7. The van der Waals surface area contributed by atoms with Gasteiger partial charge >= 0.3 is 5.97 Å². The van der Waals surface area contributed by atoms with Crippen molar-refractivity contribution in [1.29, 1.82) is 0 Å². The Morgan fingerprint density at radius 2 is 1.66 bits per heavy atom. The lowest BCUT2D eigenvalue weighted by Crippen LogP contribution is -2.39. The minimum atomic E-state index is -1.15. The summed E-state index contributed by atoms with van der Waals surface area (Å²) in [6, 6.07) is 18.8. The normalized spacial score (nSPS) is 16.8. The zero-order valence-electron chi connectivity index (χ0n) is 30.7. The summed E-state index contributed by atoms with van der Waals surface area (Å²) in [5.41, 5.74) is 10.1. The highest BCUT2D eigenvalue weighted by atomic mass is 16.5.